The maximum atomic E-state index is 12.7. The number of carbonyl (C=O) groups excluding carboxylic acids is 1. The van der Waals surface area contributed by atoms with Crippen molar-refractivity contribution in [3.05, 3.63) is 95.7 Å². The van der Waals surface area contributed by atoms with Gasteiger partial charge in [0.2, 0.25) is 0 Å². The lowest BCUT2D eigenvalue weighted by atomic mass is 10.0. The maximum absolute atomic E-state index is 12.7. The zero-order chi connectivity index (χ0) is 24.6. The molecular weight excluding hydrogens is 438 g/mol. The van der Waals surface area contributed by atoms with Gasteiger partial charge in [-0.15, -0.1) is 5.10 Å². The van der Waals surface area contributed by atoms with E-state index in [1.807, 2.05) is 18.3 Å². The Morgan fingerprint density at radius 2 is 1.89 bits per heavy atom. The molecule has 0 spiro atoms. The third kappa shape index (κ3) is 6.03. The third-order valence-electron chi connectivity index (χ3n) is 5.84. The van der Waals surface area contributed by atoms with Crippen molar-refractivity contribution in [3.8, 4) is 28.4 Å². The van der Waals surface area contributed by atoms with Crippen LogP contribution in [0.3, 0.4) is 0 Å². The van der Waals surface area contributed by atoms with Gasteiger partial charge < -0.3 is 9.84 Å². The number of phenolic OH excluding ortho intramolecular Hbond substituents is 1. The van der Waals surface area contributed by atoms with Gasteiger partial charge >= 0.3 is 0 Å². The second-order valence-corrected chi connectivity index (χ2v) is 8.38. The van der Waals surface area contributed by atoms with Crippen LogP contribution >= 0.6 is 0 Å². The largest absolute Gasteiger partial charge is 0.504 e. The van der Waals surface area contributed by atoms with Crippen LogP contribution in [0.2, 0.25) is 0 Å². The molecule has 4 rings (SSSR count). The number of aromatic nitrogens is 3. The van der Waals surface area contributed by atoms with Crippen LogP contribution in [-0.2, 0) is 6.42 Å². The average molecular weight is 468 g/mol. The molecule has 178 valence electrons. The molecule has 1 heterocycles. The maximum Gasteiger partial charge on any atom is 0.185 e. The van der Waals surface area contributed by atoms with Crippen molar-refractivity contribution in [2.45, 2.75) is 32.6 Å². The molecule has 0 bridgehead atoms. The molecule has 35 heavy (non-hydrogen) atoms. The smallest absolute Gasteiger partial charge is 0.185 e. The molecule has 6 heteroatoms. The van der Waals surface area contributed by atoms with Gasteiger partial charge in [0, 0.05) is 11.1 Å². The minimum atomic E-state index is -0.152. The van der Waals surface area contributed by atoms with Gasteiger partial charge in [-0.05, 0) is 54.3 Å². The Labute approximate surface area is 205 Å². The second kappa shape index (κ2) is 11.3. The molecule has 0 aliphatic carbocycles. The number of carbonyl (C=O) groups is 1. The van der Waals surface area contributed by atoms with Crippen LogP contribution in [0.4, 0.5) is 0 Å². The van der Waals surface area contributed by atoms with Crippen LogP contribution in [-0.4, -0.2) is 33.0 Å². The molecule has 0 atom stereocenters. The first-order valence-corrected chi connectivity index (χ1v) is 11.8. The standard InChI is InChI=1S/C29H29N3O3/c1-3-4-5-7-21-10-14-23(15-11-21)26-20-32(31-30-26)25-9-6-8-24(19-25)27(33)16-12-22-13-17-29(35-2)28(34)18-22/h6,8-20,34H,3-5,7H2,1-2H3/b16-12+. The molecule has 0 saturated carbocycles. The van der Waals surface area contributed by atoms with E-state index in [2.05, 4.69) is 41.5 Å². The number of ketones is 1. The Morgan fingerprint density at radius 1 is 1.06 bits per heavy atom. The number of benzene rings is 3. The molecule has 6 nitrogen and oxygen atoms in total. The van der Waals surface area contributed by atoms with E-state index < -0.39 is 0 Å². The summed E-state index contributed by atoms with van der Waals surface area (Å²) in [7, 11) is 1.49. The van der Waals surface area contributed by atoms with Gasteiger partial charge in [-0.2, -0.15) is 0 Å². The number of nitrogens with zero attached hydrogens (tertiary/aromatic N) is 3. The number of phenols is 1. The number of hydrogen-bond acceptors (Lipinski definition) is 5. The van der Waals surface area contributed by atoms with Crippen molar-refractivity contribution in [1.29, 1.82) is 0 Å². The monoisotopic (exact) mass is 467 g/mol. The van der Waals surface area contributed by atoms with Crippen LogP contribution in [0.15, 0.2) is 79.0 Å². The number of methoxy groups -OCH3 is 1. The van der Waals surface area contributed by atoms with Crippen molar-refractivity contribution >= 4 is 11.9 Å². The zero-order valence-electron chi connectivity index (χ0n) is 20.0. The van der Waals surface area contributed by atoms with E-state index in [0.717, 1.165) is 23.4 Å². The van der Waals surface area contributed by atoms with Gasteiger partial charge in [-0.25, -0.2) is 4.68 Å². The fourth-order valence-electron chi connectivity index (χ4n) is 3.82. The third-order valence-corrected chi connectivity index (χ3v) is 5.84. The topological polar surface area (TPSA) is 77.2 Å². The van der Waals surface area contributed by atoms with Crippen LogP contribution in [0.1, 0.15) is 47.7 Å². The quantitative estimate of drug-likeness (QED) is 0.169. The zero-order valence-corrected chi connectivity index (χ0v) is 20.0. The van der Waals surface area contributed by atoms with Crippen LogP contribution in [0, 0.1) is 0 Å². The van der Waals surface area contributed by atoms with E-state index in [-0.39, 0.29) is 11.5 Å². The van der Waals surface area contributed by atoms with Crippen LogP contribution < -0.4 is 4.74 Å². The lowest BCUT2D eigenvalue weighted by molar-refractivity contribution is 0.104. The summed E-state index contributed by atoms with van der Waals surface area (Å²) in [5, 5.41) is 18.5. The van der Waals surface area contributed by atoms with Gasteiger partial charge in [0.25, 0.3) is 0 Å². The molecule has 4 aromatic rings. The van der Waals surface area contributed by atoms with E-state index in [4.69, 9.17) is 4.74 Å². The van der Waals surface area contributed by atoms with E-state index >= 15 is 0 Å². The second-order valence-electron chi connectivity index (χ2n) is 8.38. The Morgan fingerprint density at radius 3 is 2.63 bits per heavy atom. The van der Waals surface area contributed by atoms with Gasteiger partial charge in [0.15, 0.2) is 17.3 Å². The predicted molar refractivity (Wildman–Crippen MR) is 138 cm³/mol. The summed E-state index contributed by atoms with van der Waals surface area (Å²) in [6.07, 6.45) is 9.78. The lowest BCUT2D eigenvalue weighted by Crippen LogP contribution is -1.99. The highest BCUT2D eigenvalue weighted by atomic mass is 16.5. The Hall–Kier alpha value is -4.19. The summed E-state index contributed by atoms with van der Waals surface area (Å²) in [4.78, 5) is 12.7. The minimum absolute atomic E-state index is 0.0252. The lowest BCUT2D eigenvalue weighted by Gasteiger charge is -2.04. The first kappa shape index (κ1) is 24.0. The molecule has 0 unspecified atom stereocenters. The number of hydrogen-bond donors (Lipinski definition) is 1. The van der Waals surface area contributed by atoms with Crippen LogP contribution in [0.25, 0.3) is 23.0 Å². The summed E-state index contributed by atoms with van der Waals surface area (Å²) in [5.74, 6) is 0.259. The Bertz CT molecular complexity index is 1320. The highest BCUT2D eigenvalue weighted by Crippen LogP contribution is 2.27. The summed E-state index contributed by atoms with van der Waals surface area (Å²) < 4.78 is 6.72. The summed E-state index contributed by atoms with van der Waals surface area (Å²) in [6.45, 7) is 2.21. The summed E-state index contributed by atoms with van der Waals surface area (Å²) >= 11 is 0. The van der Waals surface area contributed by atoms with Gasteiger partial charge in [0.05, 0.1) is 19.0 Å². The molecule has 0 amide bonds. The van der Waals surface area contributed by atoms with Gasteiger partial charge in [0.1, 0.15) is 5.69 Å². The number of ether oxygens (including phenoxy) is 1. The SMILES string of the molecule is CCCCCc1ccc(-c2cn(-c3cccc(C(=O)/C=C/c4ccc(OC)c(O)c4)c3)nn2)cc1. The first-order chi connectivity index (χ1) is 17.1. The number of unbranched alkanes of at least 4 members (excludes halogenated alkanes) is 2. The summed E-state index contributed by atoms with van der Waals surface area (Å²) in [6, 6.07) is 20.7. The van der Waals surface area contributed by atoms with Crippen LogP contribution in [0.5, 0.6) is 11.5 Å². The molecule has 0 radical (unpaired) electrons. The average Bonchev–Trinajstić information content (AvgIpc) is 3.38. The highest BCUT2D eigenvalue weighted by molar-refractivity contribution is 6.07. The number of rotatable bonds is 10. The van der Waals surface area contributed by atoms with Crippen molar-refractivity contribution < 1.29 is 14.6 Å². The van der Waals surface area contributed by atoms with Crippen molar-refractivity contribution in [2.75, 3.05) is 7.11 Å². The minimum Gasteiger partial charge on any atom is -0.504 e. The van der Waals surface area contributed by atoms with E-state index in [1.165, 1.54) is 38.0 Å². The first-order valence-electron chi connectivity index (χ1n) is 11.8. The molecule has 1 N–H and O–H groups in total. The molecule has 1 aromatic heterocycles. The molecule has 0 aliphatic rings. The van der Waals surface area contributed by atoms with Crippen molar-refractivity contribution in [3.63, 3.8) is 0 Å². The van der Waals surface area contributed by atoms with Gasteiger partial charge in [-0.3, -0.25) is 4.79 Å². The number of allylic oxidation sites excluding steroid dienone is 1. The molecular formula is C29H29N3O3. The normalized spacial score (nSPS) is 11.1. The Kier molecular flexibility index (Phi) is 7.73. The van der Waals surface area contributed by atoms with Gasteiger partial charge in [-0.1, -0.05) is 73.5 Å². The summed E-state index contributed by atoms with van der Waals surface area (Å²) in [5.41, 5.74) is 5.10. The fourth-order valence-corrected chi connectivity index (χ4v) is 3.82. The Balaban J connectivity index is 1.46. The fraction of sp³-hybridized carbons (Fsp3) is 0.207. The molecule has 0 saturated heterocycles. The van der Waals surface area contributed by atoms with E-state index in [0.29, 0.717) is 16.9 Å². The molecule has 3 aromatic carbocycles. The number of aryl methyl sites for hydroxylation is 1. The molecule has 0 aliphatic heterocycles. The number of aromatic hydroxyl groups is 1. The van der Waals surface area contributed by atoms with E-state index in [9.17, 15) is 9.90 Å². The van der Waals surface area contributed by atoms with E-state index in [1.54, 1.807) is 41.1 Å². The highest BCUT2D eigenvalue weighted by Gasteiger charge is 2.09. The van der Waals surface area contributed by atoms with Crippen molar-refractivity contribution in [1.82, 2.24) is 15.0 Å². The van der Waals surface area contributed by atoms with Crippen molar-refractivity contribution in [2.24, 2.45) is 0 Å². The predicted octanol–water partition coefficient (Wildman–Crippen LogP) is 6.28. The molecule has 0 fully saturated rings.